The molecule has 0 saturated heterocycles. The van der Waals surface area contributed by atoms with Gasteiger partial charge in [0, 0.05) is 32.2 Å². The SMILES string of the molecule is Cc1cc(-c2conc2C(=O)N(C)C)cc2c1C(=O)N(C(C)C)C2. The molecule has 0 aliphatic carbocycles. The molecule has 2 heterocycles. The van der Waals surface area contributed by atoms with Crippen molar-refractivity contribution in [3.63, 3.8) is 0 Å². The second-order valence-electron chi connectivity index (χ2n) is 6.63. The van der Waals surface area contributed by atoms with E-state index in [0.29, 0.717) is 12.1 Å². The van der Waals surface area contributed by atoms with Crippen molar-refractivity contribution >= 4 is 11.8 Å². The predicted octanol–water partition coefficient (Wildman–Crippen LogP) is 2.72. The van der Waals surface area contributed by atoms with Gasteiger partial charge in [-0.2, -0.15) is 0 Å². The first kappa shape index (κ1) is 16.2. The van der Waals surface area contributed by atoms with E-state index in [-0.39, 0.29) is 23.6 Å². The van der Waals surface area contributed by atoms with Crippen molar-refractivity contribution < 1.29 is 14.1 Å². The van der Waals surface area contributed by atoms with Gasteiger partial charge in [-0.1, -0.05) is 11.2 Å². The second-order valence-corrected chi connectivity index (χ2v) is 6.63. The first-order valence-corrected chi connectivity index (χ1v) is 7.92. The summed E-state index contributed by atoms with van der Waals surface area (Å²) in [5, 5.41) is 3.85. The van der Waals surface area contributed by atoms with E-state index in [9.17, 15) is 9.59 Å². The van der Waals surface area contributed by atoms with Crippen LogP contribution < -0.4 is 0 Å². The number of carbonyl (C=O) groups excluding carboxylic acids is 2. The Labute approximate surface area is 141 Å². The third-order valence-corrected chi connectivity index (χ3v) is 4.35. The molecule has 1 aliphatic rings. The van der Waals surface area contributed by atoms with Gasteiger partial charge in [0.1, 0.15) is 6.26 Å². The number of hydrogen-bond acceptors (Lipinski definition) is 4. The van der Waals surface area contributed by atoms with Gasteiger partial charge in [0.15, 0.2) is 5.69 Å². The number of benzene rings is 1. The monoisotopic (exact) mass is 327 g/mol. The van der Waals surface area contributed by atoms with E-state index < -0.39 is 0 Å². The molecule has 3 rings (SSSR count). The maximum Gasteiger partial charge on any atom is 0.276 e. The molecule has 0 atom stereocenters. The summed E-state index contributed by atoms with van der Waals surface area (Å²) in [6.07, 6.45) is 1.48. The Balaban J connectivity index is 2.07. The highest BCUT2D eigenvalue weighted by Crippen LogP contribution is 2.33. The molecule has 0 radical (unpaired) electrons. The molecule has 0 bridgehead atoms. The van der Waals surface area contributed by atoms with E-state index in [1.54, 1.807) is 14.1 Å². The summed E-state index contributed by atoms with van der Waals surface area (Å²) in [6, 6.07) is 4.02. The Kier molecular flexibility index (Phi) is 3.91. The zero-order valence-electron chi connectivity index (χ0n) is 14.6. The van der Waals surface area contributed by atoms with Crippen LogP contribution in [0, 0.1) is 6.92 Å². The molecule has 1 aromatic carbocycles. The zero-order chi connectivity index (χ0) is 17.6. The third kappa shape index (κ3) is 2.48. The summed E-state index contributed by atoms with van der Waals surface area (Å²) in [5.74, 6) is -0.143. The van der Waals surface area contributed by atoms with Crippen molar-refractivity contribution in [2.24, 2.45) is 0 Å². The highest BCUT2D eigenvalue weighted by molar-refractivity contribution is 6.02. The molecule has 126 valence electrons. The van der Waals surface area contributed by atoms with Crippen LogP contribution in [0.1, 0.15) is 45.8 Å². The van der Waals surface area contributed by atoms with E-state index >= 15 is 0 Å². The number of nitrogens with zero attached hydrogens (tertiary/aromatic N) is 3. The van der Waals surface area contributed by atoms with Crippen molar-refractivity contribution in [3.8, 4) is 11.1 Å². The lowest BCUT2D eigenvalue weighted by Crippen LogP contribution is -2.30. The van der Waals surface area contributed by atoms with Gasteiger partial charge >= 0.3 is 0 Å². The zero-order valence-corrected chi connectivity index (χ0v) is 14.6. The standard InChI is InChI=1S/C18H21N3O3/c1-10(2)21-8-13-7-12(6-11(3)15(13)17(21)22)14-9-24-19-16(14)18(23)20(4)5/h6-7,9-10H,8H2,1-5H3. The van der Waals surface area contributed by atoms with Gasteiger partial charge in [0.25, 0.3) is 11.8 Å². The van der Waals surface area contributed by atoms with Crippen molar-refractivity contribution in [2.45, 2.75) is 33.4 Å². The molecule has 1 aliphatic heterocycles. The van der Waals surface area contributed by atoms with Gasteiger partial charge in [0.05, 0.1) is 5.56 Å². The molecule has 2 amide bonds. The van der Waals surface area contributed by atoms with Gasteiger partial charge in [-0.3, -0.25) is 9.59 Å². The molecular weight excluding hydrogens is 306 g/mol. The van der Waals surface area contributed by atoms with Crippen molar-refractivity contribution in [1.29, 1.82) is 0 Å². The average Bonchev–Trinajstić information content (AvgIpc) is 3.11. The average molecular weight is 327 g/mol. The summed E-state index contributed by atoms with van der Waals surface area (Å²) in [4.78, 5) is 28.1. The van der Waals surface area contributed by atoms with Gasteiger partial charge < -0.3 is 14.3 Å². The lowest BCUT2D eigenvalue weighted by Gasteiger charge is -2.19. The first-order chi connectivity index (χ1) is 11.3. The number of aromatic nitrogens is 1. The Morgan fingerprint density at radius 3 is 2.67 bits per heavy atom. The van der Waals surface area contributed by atoms with Crippen molar-refractivity contribution in [1.82, 2.24) is 15.0 Å². The molecule has 6 nitrogen and oxygen atoms in total. The van der Waals surface area contributed by atoms with Crippen molar-refractivity contribution in [2.75, 3.05) is 14.1 Å². The van der Waals surface area contributed by atoms with Crippen LogP contribution in [0.2, 0.25) is 0 Å². The van der Waals surface area contributed by atoms with Crippen LogP contribution in [0.3, 0.4) is 0 Å². The minimum absolute atomic E-state index is 0.0685. The van der Waals surface area contributed by atoms with Crippen LogP contribution in [0.4, 0.5) is 0 Å². The number of rotatable bonds is 3. The number of carbonyl (C=O) groups is 2. The maximum atomic E-state index is 12.6. The molecule has 2 aromatic rings. The summed E-state index contributed by atoms with van der Waals surface area (Å²) in [5.41, 5.74) is 4.42. The molecule has 1 aromatic heterocycles. The molecule has 0 fully saturated rings. The molecule has 0 N–H and O–H groups in total. The predicted molar refractivity (Wildman–Crippen MR) is 89.7 cm³/mol. The third-order valence-electron chi connectivity index (χ3n) is 4.35. The minimum Gasteiger partial charge on any atom is -0.363 e. The van der Waals surface area contributed by atoms with Crippen LogP contribution in [0.5, 0.6) is 0 Å². The van der Waals surface area contributed by atoms with E-state index in [1.165, 1.54) is 11.2 Å². The first-order valence-electron chi connectivity index (χ1n) is 7.92. The minimum atomic E-state index is -0.211. The summed E-state index contributed by atoms with van der Waals surface area (Å²) in [6.45, 7) is 6.52. The van der Waals surface area contributed by atoms with E-state index in [2.05, 4.69) is 5.16 Å². The van der Waals surface area contributed by atoms with Crippen LogP contribution in [-0.4, -0.2) is 46.9 Å². The van der Waals surface area contributed by atoms with E-state index in [0.717, 1.165) is 22.3 Å². The lowest BCUT2D eigenvalue weighted by atomic mass is 9.96. The van der Waals surface area contributed by atoms with Crippen LogP contribution in [-0.2, 0) is 6.54 Å². The Morgan fingerprint density at radius 1 is 1.33 bits per heavy atom. The van der Waals surface area contributed by atoms with E-state index in [1.807, 2.05) is 37.8 Å². The number of amides is 2. The second kappa shape index (κ2) is 5.78. The largest absolute Gasteiger partial charge is 0.363 e. The topological polar surface area (TPSA) is 66.7 Å². The lowest BCUT2D eigenvalue weighted by molar-refractivity contribution is 0.0729. The molecule has 0 unspecified atom stereocenters. The molecular formula is C18H21N3O3. The Morgan fingerprint density at radius 2 is 2.04 bits per heavy atom. The number of fused-ring (bicyclic) bond motifs is 1. The van der Waals surface area contributed by atoms with Gasteiger partial charge in [-0.15, -0.1) is 0 Å². The normalized spacial score (nSPS) is 13.6. The number of aryl methyl sites for hydroxylation is 1. The smallest absolute Gasteiger partial charge is 0.276 e. The van der Waals surface area contributed by atoms with Gasteiger partial charge in [-0.05, 0) is 43.5 Å². The van der Waals surface area contributed by atoms with Crippen LogP contribution in [0.25, 0.3) is 11.1 Å². The van der Waals surface area contributed by atoms with Crippen LogP contribution >= 0.6 is 0 Å². The van der Waals surface area contributed by atoms with Gasteiger partial charge in [0.2, 0.25) is 0 Å². The molecule has 24 heavy (non-hydrogen) atoms. The van der Waals surface area contributed by atoms with Gasteiger partial charge in [-0.25, -0.2) is 0 Å². The van der Waals surface area contributed by atoms with Crippen molar-refractivity contribution in [3.05, 3.63) is 40.8 Å². The fourth-order valence-electron chi connectivity index (χ4n) is 3.07. The highest BCUT2D eigenvalue weighted by atomic mass is 16.5. The van der Waals surface area contributed by atoms with Crippen LogP contribution in [0.15, 0.2) is 22.9 Å². The quantitative estimate of drug-likeness (QED) is 0.869. The maximum absolute atomic E-state index is 12.6. The fourth-order valence-corrected chi connectivity index (χ4v) is 3.07. The molecule has 6 heteroatoms. The summed E-state index contributed by atoms with van der Waals surface area (Å²) >= 11 is 0. The fraction of sp³-hybridized carbons (Fsp3) is 0.389. The summed E-state index contributed by atoms with van der Waals surface area (Å²) < 4.78 is 5.04. The van der Waals surface area contributed by atoms with E-state index in [4.69, 9.17) is 4.52 Å². The Bertz CT molecular complexity index is 821. The summed E-state index contributed by atoms with van der Waals surface area (Å²) in [7, 11) is 3.35. The number of hydrogen-bond donors (Lipinski definition) is 0. The highest BCUT2D eigenvalue weighted by Gasteiger charge is 2.31. The molecule has 0 saturated carbocycles. The molecule has 0 spiro atoms. The Hall–Kier alpha value is -2.63.